The number of nitrogens with two attached hydrogens (primary N) is 1. The van der Waals surface area contributed by atoms with Gasteiger partial charge in [-0.1, -0.05) is 17.7 Å². The van der Waals surface area contributed by atoms with Crippen molar-refractivity contribution in [2.75, 3.05) is 16.4 Å². The molecular formula is C20H20N6. The van der Waals surface area contributed by atoms with Crippen molar-refractivity contribution >= 4 is 29.0 Å². The Morgan fingerprint density at radius 2 is 1.46 bits per heavy atom. The van der Waals surface area contributed by atoms with Crippen LogP contribution < -0.4 is 16.4 Å². The zero-order chi connectivity index (χ0) is 18.7. The van der Waals surface area contributed by atoms with E-state index in [2.05, 4.69) is 59.6 Å². The van der Waals surface area contributed by atoms with Crippen LogP contribution in [0.1, 0.15) is 22.3 Å². The summed E-state index contributed by atoms with van der Waals surface area (Å²) >= 11 is 0. The molecule has 6 nitrogen and oxygen atoms in total. The summed E-state index contributed by atoms with van der Waals surface area (Å²) in [4.78, 5) is 8.50. The van der Waals surface area contributed by atoms with Gasteiger partial charge in [-0.05, 0) is 56.2 Å². The Hall–Kier alpha value is -3.59. The summed E-state index contributed by atoms with van der Waals surface area (Å²) in [5, 5.41) is 15.4. The fourth-order valence-electron chi connectivity index (χ4n) is 2.88. The SMILES string of the molecule is Cc1cc(C)c(Nc2cc(Nc3ccc(C#N)cc3)nc(N)n2)c(C)c1. The summed E-state index contributed by atoms with van der Waals surface area (Å²) in [6.07, 6.45) is 0. The fourth-order valence-corrected chi connectivity index (χ4v) is 2.88. The van der Waals surface area contributed by atoms with Crippen molar-refractivity contribution in [1.29, 1.82) is 5.26 Å². The monoisotopic (exact) mass is 344 g/mol. The number of benzene rings is 2. The van der Waals surface area contributed by atoms with Gasteiger partial charge in [0.1, 0.15) is 11.6 Å². The van der Waals surface area contributed by atoms with E-state index in [0.717, 1.165) is 22.5 Å². The van der Waals surface area contributed by atoms with E-state index in [9.17, 15) is 0 Å². The minimum atomic E-state index is 0.175. The normalized spacial score (nSPS) is 10.2. The molecule has 0 aliphatic rings. The van der Waals surface area contributed by atoms with Crippen molar-refractivity contribution in [1.82, 2.24) is 9.97 Å². The number of anilines is 5. The van der Waals surface area contributed by atoms with Crippen LogP contribution in [0.5, 0.6) is 0 Å². The zero-order valence-corrected chi connectivity index (χ0v) is 15.0. The number of rotatable bonds is 4. The van der Waals surface area contributed by atoms with Gasteiger partial charge < -0.3 is 16.4 Å². The van der Waals surface area contributed by atoms with E-state index < -0.39 is 0 Å². The Kier molecular flexibility index (Phi) is 4.72. The Morgan fingerprint density at radius 3 is 2.04 bits per heavy atom. The van der Waals surface area contributed by atoms with Gasteiger partial charge in [-0.2, -0.15) is 15.2 Å². The van der Waals surface area contributed by atoms with Gasteiger partial charge in [0.2, 0.25) is 5.95 Å². The van der Waals surface area contributed by atoms with E-state index in [1.807, 2.05) is 12.1 Å². The molecule has 2 aromatic carbocycles. The minimum Gasteiger partial charge on any atom is -0.368 e. The maximum absolute atomic E-state index is 8.88. The Morgan fingerprint density at radius 1 is 0.885 bits per heavy atom. The molecule has 0 unspecified atom stereocenters. The van der Waals surface area contributed by atoms with Crippen LogP contribution >= 0.6 is 0 Å². The summed E-state index contributed by atoms with van der Waals surface area (Å²) in [6.45, 7) is 6.19. The number of nitrogens with one attached hydrogen (secondary N) is 2. The maximum Gasteiger partial charge on any atom is 0.223 e. The quantitative estimate of drug-likeness (QED) is 0.651. The van der Waals surface area contributed by atoms with Crippen molar-refractivity contribution in [2.24, 2.45) is 0 Å². The second-order valence-corrected chi connectivity index (χ2v) is 6.21. The van der Waals surface area contributed by atoms with Gasteiger partial charge in [0.25, 0.3) is 0 Å². The van der Waals surface area contributed by atoms with E-state index in [1.54, 1.807) is 18.2 Å². The molecule has 130 valence electrons. The van der Waals surface area contributed by atoms with Gasteiger partial charge in [-0.15, -0.1) is 0 Å². The van der Waals surface area contributed by atoms with E-state index in [-0.39, 0.29) is 5.95 Å². The molecule has 26 heavy (non-hydrogen) atoms. The molecule has 0 aliphatic carbocycles. The number of nitriles is 1. The number of aromatic nitrogens is 2. The van der Waals surface area contributed by atoms with Crippen LogP contribution in [0.15, 0.2) is 42.5 Å². The third-order valence-corrected chi connectivity index (χ3v) is 3.96. The highest BCUT2D eigenvalue weighted by Gasteiger charge is 2.08. The summed E-state index contributed by atoms with van der Waals surface area (Å²) in [5.41, 5.74) is 11.8. The molecule has 0 spiro atoms. The van der Waals surface area contributed by atoms with E-state index in [0.29, 0.717) is 17.2 Å². The van der Waals surface area contributed by atoms with Crippen molar-refractivity contribution < 1.29 is 0 Å². The molecule has 0 saturated heterocycles. The molecule has 3 aromatic rings. The molecule has 3 rings (SSSR count). The number of nitrogens with zero attached hydrogens (tertiary/aromatic N) is 3. The van der Waals surface area contributed by atoms with Crippen LogP contribution in [0.25, 0.3) is 0 Å². The first kappa shape index (κ1) is 17.2. The molecule has 6 heteroatoms. The summed E-state index contributed by atoms with van der Waals surface area (Å²) < 4.78 is 0. The van der Waals surface area contributed by atoms with Gasteiger partial charge in [0.15, 0.2) is 0 Å². The molecule has 0 amide bonds. The number of hydrogen-bond acceptors (Lipinski definition) is 6. The second-order valence-electron chi connectivity index (χ2n) is 6.21. The van der Waals surface area contributed by atoms with E-state index in [4.69, 9.17) is 11.0 Å². The van der Waals surface area contributed by atoms with Crippen LogP contribution in [-0.4, -0.2) is 9.97 Å². The molecule has 0 fully saturated rings. The van der Waals surface area contributed by atoms with Crippen LogP contribution in [0.2, 0.25) is 0 Å². The van der Waals surface area contributed by atoms with Gasteiger partial charge >= 0.3 is 0 Å². The highest BCUT2D eigenvalue weighted by Crippen LogP contribution is 2.27. The number of aryl methyl sites for hydroxylation is 3. The average molecular weight is 344 g/mol. The lowest BCUT2D eigenvalue weighted by Crippen LogP contribution is -2.05. The summed E-state index contributed by atoms with van der Waals surface area (Å²) in [7, 11) is 0. The first-order valence-electron chi connectivity index (χ1n) is 8.21. The standard InChI is InChI=1S/C20H20N6/c1-12-8-13(2)19(14(3)9-12)24-18-10-17(25-20(22)26-18)23-16-6-4-15(11-21)5-7-16/h4-10H,1-3H3,(H4,22,23,24,25,26). The lowest BCUT2D eigenvalue weighted by Gasteiger charge is -2.14. The number of hydrogen-bond donors (Lipinski definition) is 3. The van der Waals surface area contributed by atoms with Crippen molar-refractivity contribution in [3.8, 4) is 6.07 Å². The maximum atomic E-state index is 8.88. The fraction of sp³-hybridized carbons (Fsp3) is 0.150. The van der Waals surface area contributed by atoms with Crippen molar-refractivity contribution in [3.63, 3.8) is 0 Å². The van der Waals surface area contributed by atoms with E-state index >= 15 is 0 Å². The largest absolute Gasteiger partial charge is 0.368 e. The smallest absolute Gasteiger partial charge is 0.223 e. The van der Waals surface area contributed by atoms with Crippen molar-refractivity contribution in [3.05, 3.63) is 64.7 Å². The topological polar surface area (TPSA) is 99.6 Å². The van der Waals surface area contributed by atoms with Crippen LogP contribution in [-0.2, 0) is 0 Å². The summed E-state index contributed by atoms with van der Waals surface area (Å²) in [5.74, 6) is 1.37. The van der Waals surface area contributed by atoms with Crippen LogP contribution in [0.3, 0.4) is 0 Å². The van der Waals surface area contributed by atoms with Gasteiger partial charge in [-0.25, -0.2) is 0 Å². The molecule has 0 atom stereocenters. The molecule has 0 radical (unpaired) electrons. The molecule has 0 saturated carbocycles. The lowest BCUT2D eigenvalue weighted by atomic mass is 10.1. The zero-order valence-electron chi connectivity index (χ0n) is 15.0. The third kappa shape index (κ3) is 3.90. The Balaban J connectivity index is 1.87. The predicted molar refractivity (Wildman–Crippen MR) is 105 cm³/mol. The Labute approximate surface area is 152 Å². The predicted octanol–water partition coefficient (Wildman–Crippen LogP) is 4.34. The second kappa shape index (κ2) is 7.11. The van der Waals surface area contributed by atoms with E-state index in [1.165, 1.54) is 5.56 Å². The van der Waals surface area contributed by atoms with Gasteiger partial charge in [-0.3, -0.25) is 0 Å². The minimum absolute atomic E-state index is 0.175. The molecule has 0 bridgehead atoms. The lowest BCUT2D eigenvalue weighted by molar-refractivity contribution is 1.18. The summed E-state index contributed by atoms with van der Waals surface area (Å²) in [6, 6.07) is 15.3. The van der Waals surface area contributed by atoms with Crippen molar-refractivity contribution in [2.45, 2.75) is 20.8 Å². The number of nitrogen functional groups attached to an aromatic ring is 1. The first-order valence-corrected chi connectivity index (χ1v) is 8.21. The van der Waals surface area contributed by atoms with Gasteiger partial charge in [0, 0.05) is 17.4 Å². The molecular weight excluding hydrogens is 324 g/mol. The Bertz CT molecular complexity index is 963. The average Bonchev–Trinajstić information content (AvgIpc) is 2.58. The van der Waals surface area contributed by atoms with Crippen LogP contribution in [0.4, 0.5) is 29.0 Å². The molecule has 1 aromatic heterocycles. The molecule has 4 N–H and O–H groups in total. The molecule has 0 aliphatic heterocycles. The first-order chi connectivity index (χ1) is 12.4. The van der Waals surface area contributed by atoms with Crippen LogP contribution in [0, 0.1) is 32.1 Å². The van der Waals surface area contributed by atoms with Gasteiger partial charge in [0.05, 0.1) is 11.6 Å². The third-order valence-electron chi connectivity index (χ3n) is 3.96. The highest BCUT2D eigenvalue weighted by molar-refractivity contribution is 5.69. The highest BCUT2D eigenvalue weighted by atomic mass is 15.1. The molecule has 1 heterocycles.